The lowest BCUT2D eigenvalue weighted by atomic mass is 10.1. The lowest BCUT2D eigenvalue weighted by molar-refractivity contribution is 0.0951. The Morgan fingerprint density at radius 3 is 2.60 bits per heavy atom. The fourth-order valence-corrected chi connectivity index (χ4v) is 2.84. The molecule has 20 heavy (non-hydrogen) atoms. The predicted octanol–water partition coefficient (Wildman–Crippen LogP) is 3.54. The topological polar surface area (TPSA) is 63.2 Å². The van der Waals surface area contributed by atoms with Crippen LogP contribution in [0.15, 0.2) is 27.6 Å². The Morgan fingerprint density at radius 2 is 2.05 bits per heavy atom. The van der Waals surface area contributed by atoms with Gasteiger partial charge in [-0.3, -0.25) is 4.79 Å². The standard InChI is InChI=1S/C13H17BrClNO3S/c1-9(2)4-3-7-16-13(17)11-8-10(20(15,18)19)5-6-12(11)14/h5-6,8-9H,3-4,7H2,1-2H3,(H,16,17). The van der Waals surface area contributed by atoms with Crippen molar-refractivity contribution in [3.8, 4) is 0 Å². The molecular weight excluding hydrogens is 366 g/mol. The molecular formula is C13H17BrClNO3S. The van der Waals surface area contributed by atoms with Crippen LogP contribution >= 0.6 is 26.6 Å². The molecule has 7 heteroatoms. The Bertz CT molecular complexity index is 587. The number of rotatable bonds is 6. The van der Waals surface area contributed by atoms with E-state index < -0.39 is 9.05 Å². The van der Waals surface area contributed by atoms with Crippen LogP contribution in [-0.2, 0) is 9.05 Å². The lowest BCUT2D eigenvalue weighted by Crippen LogP contribution is -2.25. The van der Waals surface area contributed by atoms with Crippen LogP contribution in [0.25, 0.3) is 0 Å². The van der Waals surface area contributed by atoms with Crippen molar-refractivity contribution in [2.45, 2.75) is 31.6 Å². The van der Waals surface area contributed by atoms with Gasteiger partial charge in [-0.2, -0.15) is 0 Å². The SMILES string of the molecule is CC(C)CCCNC(=O)c1cc(S(=O)(=O)Cl)ccc1Br. The summed E-state index contributed by atoms with van der Waals surface area (Å²) in [7, 11) is 1.43. The molecule has 0 saturated carbocycles. The number of hydrogen-bond donors (Lipinski definition) is 1. The molecule has 0 radical (unpaired) electrons. The summed E-state index contributed by atoms with van der Waals surface area (Å²) in [6.07, 6.45) is 1.91. The van der Waals surface area contributed by atoms with E-state index in [-0.39, 0.29) is 16.4 Å². The van der Waals surface area contributed by atoms with E-state index in [0.29, 0.717) is 16.9 Å². The van der Waals surface area contributed by atoms with Gasteiger partial charge in [0.15, 0.2) is 0 Å². The van der Waals surface area contributed by atoms with Crippen LogP contribution in [0.3, 0.4) is 0 Å². The second kappa shape index (κ2) is 7.43. The van der Waals surface area contributed by atoms with Crippen LogP contribution in [0.2, 0.25) is 0 Å². The molecule has 0 saturated heterocycles. The summed E-state index contributed by atoms with van der Waals surface area (Å²) in [6, 6.07) is 4.12. The molecule has 4 nitrogen and oxygen atoms in total. The third kappa shape index (κ3) is 5.42. The first-order chi connectivity index (χ1) is 9.21. The molecule has 0 atom stereocenters. The highest BCUT2D eigenvalue weighted by atomic mass is 79.9. The third-order valence-electron chi connectivity index (χ3n) is 2.71. The molecule has 0 unspecified atom stereocenters. The molecule has 1 rings (SSSR count). The predicted molar refractivity (Wildman–Crippen MR) is 83.6 cm³/mol. The summed E-state index contributed by atoms with van der Waals surface area (Å²) in [6.45, 7) is 4.79. The summed E-state index contributed by atoms with van der Waals surface area (Å²) in [5.74, 6) is 0.270. The van der Waals surface area contributed by atoms with Gasteiger partial charge in [-0.05, 0) is 52.9 Å². The molecule has 1 aromatic carbocycles. The molecule has 0 fully saturated rings. The minimum atomic E-state index is -3.84. The average Bonchev–Trinajstić information content (AvgIpc) is 2.33. The second-order valence-electron chi connectivity index (χ2n) is 4.87. The molecule has 1 aromatic rings. The van der Waals surface area contributed by atoms with Gasteiger partial charge in [0, 0.05) is 21.7 Å². The molecule has 0 bridgehead atoms. The molecule has 0 aliphatic heterocycles. The van der Waals surface area contributed by atoms with Crippen molar-refractivity contribution in [3.05, 3.63) is 28.2 Å². The van der Waals surface area contributed by atoms with Gasteiger partial charge in [0.2, 0.25) is 0 Å². The fourth-order valence-electron chi connectivity index (χ4n) is 1.64. The summed E-state index contributed by atoms with van der Waals surface area (Å²) in [5.41, 5.74) is 0.260. The molecule has 0 aliphatic rings. The molecule has 0 spiro atoms. The van der Waals surface area contributed by atoms with Crippen molar-refractivity contribution in [2.75, 3.05) is 6.54 Å². The number of hydrogen-bond acceptors (Lipinski definition) is 3. The highest BCUT2D eigenvalue weighted by molar-refractivity contribution is 9.10. The second-order valence-corrected chi connectivity index (χ2v) is 8.29. The first-order valence-corrected chi connectivity index (χ1v) is 9.34. The monoisotopic (exact) mass is 381 g/mol. The Labute approximate surface area is 132 Å². The van der Waals surface area contributed by atoms with E-state index in [0.717, 1.165) is 12.8 Å². The van der Waals surface area contributed by atoms with Crippen molar-refractivity contribution in [2.24, 2.45) is 5.92 Å². The smallest absolute Gasteiger partial charge is 0.261 e. The number of nitrogens with one attached hydrogen (secondary N) is 1. The minimum Gasteiger partial charge on any atom is -0.352 e. The Balaban J connectivity index is 2.77. The van der Waals surface area contributed by atoms with Crippen molar-refractivity contribution < 1.29 is 13.2 Å². The first kappa shape index (κ1) is 17.5. The largest absolute Gasteiger partial charge is 0.352 e. The van der Waals surface area contributed by atoms with E-state index in [1.807, 2.05) is 0 Å². The maximum Gasteiger partial charge on any atom is 0.261 e. The van der Waals surface area contributed by atoms with E-state index >= 15 is 0 Å². The van der Waals surface area contributed by atoms with E-state index in [2.05, 4.69) is 35.1 Å². The van der Waals surface area contributed by atoms with Gasteiger partial charge < -0.3 is 5.32 Å². The van der Waals surface area contributed by atoms with Crippen molar-refractivity contribution in [3.63, 3.8) is 0 Å². The van der Waals surface area contributed by atoms with Gasteiger partial charge in [-0.15, -0.1) is 0 Å². The van der Waals surface area contributed by atoms with Crippen molar-refractivity contribution >= 4 is 41.6 Å². The Morgan fingerprint density at radius 1 is 1.40 bits per heavy atom. The van der Waals surface area contributed by atoms with E-state index in [4.69, 9.17) is 10.7 Å². The molecule has 0 aromatic heterocycles. The van der Waals surface area contributed by atoms with Crippen LogP contribution in [0.1, 0.15) is 37.0 Å². The number of amides is 1. The van der Waals surface area contributed by atoms with Crippen LogP contribution in [-0.4, -0.2) is 20.9 Å². The Kier molecular flexibility index (Phi) is 6.48. The van der Waals surface area contributed by atoms with Crippen molar-refractivity contribution in [1.82, 2.24) is 5.32 Å². The molecule has 1 amide bonds. The maximum absolute atomic E-state index is 12.0. The van der Waals surface area contributed by atoms with Gasteiger partial charge in [-0.1, -0.05) is 13.8 Å². The van der Waals surface area contributed by atoms with Crippen LogP contribution < -0.4 is 5.32 Å². The van der Waals surface area contributed by atoms with Gasteiger partial charge in [0.05, 0.1) is 10.5 Å². The zero-order valence-electron chi connectivity index (χ0n) is 11.3. The Hall–Kier alpha value is -0.590. The highest BCUT2D eigenvalue weighted by Gasteiger charge is 2.16. The molecule has 0 aliphatic carbocycles. The highest BCUT2D eigenvalue weighted by Crippen LogP contribution is 2.23. The first-order valence-electron chi connectivity index (χ1n) is 6.24. The molecule has 0 heterocycles. The van der Waals surface area contributed by atoms with Crippen LogP contribution in [0.4, 0.5) is 0 Å². The number of carbonyl (C=O) groups is 1. The number of halogens is 2. The summed E-state index contributed by atoms with van der Waals surface area (Å²) < 4.78 is 23.1. The quantitative estimate of drug-likeness (QED) is 0.604. The van der Waals surface area contributed by atoms with Gasteiger partial charge in [-0.25, -0.2) is 8.42 Å². The van der Waals surface area contributed by atoms with E-state index in [1.54, 1.807) is 0 Å². The van der Waals surface area contributed by atoms with E-state index in [1.165, 1.54) is 18.2 Å². The normalized spacial score (nSPS) is 11.7. The summed E-state index contributed by atoms with van der Waals surface area (Å²) in [4.78, 5) is 11.9. The molecule has 1 N–H and O–H groups in total. The van der Waals surface area contributed by atoms with Crippen molar-refractivity contribution in [1.29, 1.82) is 0 Å². The summed E-state index contributed by atoms with van der Waals surface area (Å²) >= 11 is 3.23. The van der Waals surface area contributed by atoms with Crippen LogP contribution in [0.5, 0.6) is 0 Å². The number of benzene rings is 1. The summed E-state index contributed by atoms with van der Waals surface area (Å²) in [5, 5.41) is 2.77. The van der Waals surface area contributed by atoms with Gasteiger partial charge in [0.25, 0.3) is 15.0 Å². The fraction of sp³-hybridized carbons (Fsp3) is 0.462. The average molecular weight is 383 g/mol. The molecule has 112 valence electrons. The number of carbonyl (C=O) groups excluding carboxylic acids is 1. The zero-order chi connectivity index (χ0) is 15.3. The zero-order valence-corrected chi connectivity index (χ0v) is 14.5. The third-order valence-corrected chi connectivity index (χ3v) is 4.75. The lowest BCUT2D eigenvalue weighted by Gasteiger charge is -2.09. The van der Waals surface area contributed by atoms with Crippen LogP contribution in [0, 0.1) is 5.92 Å². The van der Waals surface area contributed by atoms with Gasteiger partial charge >= 0.3 is 0 Å². The maximum atomic E-state index is 12.0. The minimum absolute atomic E-state index is 0.0882. The van der Waals surface area contributed by atoms with Gasteiger partial charge in [0.1, 0.15) is 0 Å². The van der Waals surface area contributed by atoms with E-state index in [9.17, 15) is 13.2 Å².